The zero-order valence-electron chi connectivity index (χ0n) is 13.7. The molecule has 1 aromatic heterocycles. The Kier molecular flexibility index (Phi) is 5.73. The molecule has 0 radical (unpaired) electrons. The monoisotopic (exact) mass is 364 g/mol. The number of imidazole rings is 1. The summed E-state index contributed by atoms with van der Waals surface area (Å²) in [4.78, 5) is 33.3. The highest BCUT2D eigenvalue weighted by atomic mass is 16.6. The molecule has 11 nitrogen and oxygen atoms in total. The summed E-state index contributed by atoms with van der Waals surface area (Å²) < 4.78 is 12.5. The second-order valence-corrected chi connectivity index (χ2v) is 5.00. The van der Waals surface area contributed by atoms with Crippen molar-refractivity contribution in [3.8, 4) is 0 Å². The van der Waals surface area contributed by atoms with E-state index >= 15 is 0 Å². The molecule has 0 aliphatic heterocycles. The molecule has 0 atom stereocenters. The molecule has 0 aliphatic carbocycles. The van der Waals surface area contributed by atoms with Crippen molar-refractivity contribution in [1.82, 2.24) is 9.13 Å². The number of hydrogen-bond acceptors (Lipinski definition) is 7. The molecule has 0 bridgehead atoms. The van der Waals surface area contributed by atoms with E-state index in [-0.39, 0.29) is 37.3 Å². The zero-order chi connectivity index (χ0) is 19.3. The quantitative estimate of drug-likeness (QED) is 0.272. The van der Waals surface area contributed by atoms with Crippen molar-refractivity contribution in [1.29, 1.82) is 0 Å². The molecule has 138 valence electrons. The van der Waals surface area contributed by atoms with Crippen LogP contribution >= 0.6 is 0 Å². The molecule has 2 aromatic rings. The predicted molar refractivity (Wildman–Crippen MR) is 91.8 cm³/mol. The van der Waals surface area contributed by atoms with Gasteiger partial charge in [-0.1, -0.05) is 13.2 Å². The van der Waals surface area contributed by atoms with E-state index in [1.807, 2.05) is 0 Å². The summed E-state index contributed by atoms with van der Waals surface area (Å²) in [6.07, 6.45) is 2.41. The van der Waals surface area contributed by atoms with Crippen LogP contribution in [0.2, 0.25) is 0 Å². The van der Waals surface area contributed by atoms with E-state index in [1.165, 1.54) is 21.7 Å². The van der Waals surface area contributed by atoms with E-state index in [2.05, 4.69) is 13.2 Å². The fraction of sp³-hybridized carbons (Fsp3) is 0.267. The highest BCUT2D eigenvalue weighted by Crippen LogP contribution is 2.31. The number of benzene rings is 1. The SMILES string of the molecule is C=COCCn1c(=O)n(CCOC=C)c2cc([N+](=O)[O-])c([N+](=O)[O-])cc21. The van der Waals surface area contributed by atoms with Gasteiger partial charge in [0.15, 0.2) is 0 Å². The maximum atomic E-state index is 12.7. The number of aromatic nitrogens is 2. The second-order valence-electron chi connectivity index (χ2n) is 5.00. The summed E-state index contributed by atoms with van der Waals surface area (Å²) in [5.41, 5.74) is -1.49. The lowest BCUT2D eigenvalue weighted by atomic mass is 10.2. The third-order valence-corrected chi connectivity index (χ3v) is 3.61. The van der Waals surface area contributed by atoms with Gasteiger partial charge >= 0.3 is 17.1 Å². The van der Waals surface area contributed by atoms with Gasteiger partial charge in [0.1, 0.15) is 13.2 Å². The number of ether oxygens (including phenoxy) is 2. The Hall–Kier alpha value is -3.63. The molecule has 0 saturated heterocycles. The average Bonchev–Trinajstić information content (AvgIpc) is 2.86. The van der Waals surface area contributed by atoms with E-state index < -0.39 is 26.9 Å². The van der Waals surface area contributed by atoms with Crippen molar-refractivity contribution >= 4 is 22.4 Å². The van der Waals surface area contributed by atoms with Crippen LogP contribution < -0.4 is 5.69 Å². The minimum absolute atomic E-state index is 0.0889. The molecule has 0 aliphatic rings. The van der Waals surface area contributed by atoms with E-state index in [9.17, 15) is 25.0 Å². The number of rotatable bonds is 10. The Balaban J connectivity index is 2.69. The normalized spacial score (nSPS) is 10.5. The Labute approximate surface area is 146 Å². The number of nitro groups is 2. The summed E-state index contributed by atoms with van der Waals surface area (Å²) in [7, 11) is 0. The standard InChI is InChI=1S/C15H16N4O7/c1-3-25-7-5-16-11-9-13(18(21)22)14(19(23)24)10-12(11)17(15(16)20)6-8-26-4-2/h3-4,9-10H,1-2,5-8H2. The first kappa shape index (κ1) is 18.7. The predicted octanol–water partition coefficient (Wildman–Crippen LogP) is 1.94. The number of hydrogen-bond donors (Lipinski definition) is 0. The van der Waals surface area contributed by atoms with Gasteiger partial charge in [-0.25, -0.2) is 4.79 Å². The minimum Gasteiger partial charge on any atom is -0.500 e. The zero-order valence-corrected chi connectivity index (χ0v) is 13.7. The fourth-order valence-electron chi connectivity index (χ4n) is 2.52. The van der Waals surface area contributed by atoms with Crippen LogP contribution in [-0.4, -0.2) is 32.2 Å². The Morgan fingerprint density at radius 3 is 1.62 bits per heavy atom. The molecule has 26 heavy (non-hydrogen) atoms. The maximum absolute atomic E-state index is 12.7. The molecule has 0 saturated carbocycles. The smallest absolute Gasteiger partial charge is 0.348 e. The molecule has 2 rings (SSSR count). The van der Waals surface area contributed by atoms with Gasteiger partial charge < -0.3 is 9.47 Å². The summed E-state index contributed by atoms with van der Waals surface area (Å²) in [5.74, 6) is 0. The van der Waals surface area contributed by atoms with Crippen LogP contribution in [-0.2, 0) is 22.6 Å². The van der Waals surface area contributed by atoms with Crippen molar-refractivity contribution < 1.29 is 19.3 Å². The maximum Gasteiger partial charge on any atom is 0.348 e. The Morgan fingerprint density at radius 1 is 0.923 bits per heavy atom. The third kappa shape index (κ3) is 3.55. The van der Waals surface area contributed by atoms with Crippen LogP contribution in [0.15, 0.2) is 42.6 Å². The van der Waals surface area contributed by atoms with Gasteiger partial charge in [-0.2, -0.15) is 0 Å². The van der Waals surface area contributed by atoms with Gasteiger partial charge in [-0.15, -0.1) is 0 Å². The largest absolute Gasteiger partial charge is 0.500 e. The molecule has 11 heteroatoms. The van der Waals surface area contributed by atoms with Gasteiger partial charge in [0.05, 0.1) is 46.5 Å². The first-order valence-electron chi connectivity index (χ1n) is 7.43. The van der Waals surface area contributed by atoms with Crippen LogP contribution in [0.3, 0.4) is 0 Å². The van der Waals surface area contributed by atoms with Crippen LogP contribution in [0.25, 0.3) is 11.0 Å². The number of nitro benzene ring substituents is 2. The van der Waals surface area contributed by atoms with Crippen LogP contribution in [0, 0.1) is 20.2 Å². The third-order valence-electron chi connectivity index (χ3n) is 3.61. The Bertz CT molecular complexity index is 856. The van der Waals surface area contributed by atoms with Crippen LogP contribution in [0.5, 0.6) is 0 Å². The molecule has 0 spiro atoms. The molecule has 0 N–H and O–H groups in total. The number of fused-ring (bicyclic) bond motifs is 1. The topological polar surface area (TPSA) is 132 Å². The van der Waals surface area contributed by atoms with E-state index in [0.29, 0.717) is 0 Å². The van der Waals surface area contributed by atoms with Crippen LogP contribution in [0.4, 0.5) is 11.4 Å². The van der Waals surface area contributed by atoms with E-state index in [1.54, 1.807) is 0 Å². The van der Waals surface area contributed by atoms with Gasteiger partial charge in [0.25, 0.3) is 0 Å². The van der Waals surface area contributed by atoms with Crippen molar-refractivity contribution in [3.05, 3.63) is 68.5 Å². The molecule has 0 fully saturated rings. The first-order chi connectivity index (χ1) is 12.4. The van der Waals surface area contributed by atoms with Crippen molar-refractivity contribution in [2.45, 2.75) is 13.1 Å². The molecule has 0 amide bonds. The van der Waals surface area contributed by atoms with Crippen molar-refractivity contribution in [2.24, 2.45) is 0 Å². The molecule has 0 unspecified atom stereocenters. The lowest BCUT2D eigenvalue weighted by molar-refractivity contribution is -0.422. The summed E-state index contributed by atoms with van der Waals surface area (Å²) in [5, 5.41) is 22.4. The molecule has 1 heterocycles. The molecular formula is C15H16N4O7. The second kappa shape index (κ2) is 7.96. The first-order valence-corrected chi connectivity index (χ1v) is 7.43. The van der Waals surface area contributed by atoms with Crippen LogP contribution in [0.1, 0.15) is 0 Å². The summed E-state index contributed by atoms with van der Waals surface area (Å²) in [6, 6.07) is 2.04. The molecular weight excluding hydrogens is 348 g/mol. The minimum atomic E-state index is -0.856. The molecule has 1 aromatic carbocycles. The summed E-state index contributed by atoms with van der Waals surface area (Å²) >= 11 is 0. The lowest BCUT2D eigenvalue weighted by Gasteiger charge is -2.03. The van der Waals surface area contributed by atoms with Crippen molar-refractivity contribution in [2.75, 3.05) is 13.2 Å². The van der Waals surface area contributed by atoms with Crippen molar-refractivity contribution in [3.63, 3.8) is 0 Å². The summed E-state index contributed by atoms with van der Waals surface area (Å²) in [6.45, 7) is 7.18. The van der Waals surface area contributed by atoms with Gasteiger partial charge in [0, 0.05) is 12.1 Å². The van der Waals surface area contributed by atoms with Gasteiger partial charge in [0.2, 0.25) is 0 Å². The van der Waals surface area contributed by atoms with E-state index in [4.69, 9.17) is 9.47 Å². The van der Waals surface area contributed by atoms with E-state index in [0.717, 1.165) is 12.1 Å². The number of nitrogens with zero attached hydrogens (tertiary/aromatic N) is 4. The lowest BCUT2D eigenvalue weighted by Crippen LogP contribution is -2.26. The Morgan fingerprint density at radius 2 is 1.31 bits per heavy atom. The van der Waals surface area contributed by atoms with Gasteiger partial charge in [-0.05, 0) is 0 Å². The highest BCUT2D eigenvalue weighted by molar-refractivity contribution is 5.83. The highest BCUT2D eigenvalue weighted by Gasteiger charge is 2.28. The fourth-order valence-corrected chi connectivity index (χ4v) is 2.52. The average molecular weight is 364 g/mol. The van der Waals surface area contributed by atoms with Gasteiger partial charge in [-0.3, -0.25) is 29.4 Å².